The van der Waals surface area contributed by atoms with E-state index < -0.39 is 0 Å². The van der Waals surface area contributed by atoms with Gasteiger partial charge in [-0.3, -0.25) is 14.7 Å². The SMILES string of the molecule is CN(C)C(C(=O)Nc1cccc2cccnc12)c1ccccc1. The Bertz CT molecular complexity index is 810. The molecule has 0 saturated heterocycles. The van der Waals surface area contributed by atoms with Crippen LogP contribution in [0.15, 0.2) is 66.9 Å². The van der Waals surface area contributed by atoms with Gasteiger partial charge in [0.25, 0.3) is 0 Å². The number of hydrogen-bond acceptors (Lipinski definition) is 3. The predicted octanol–water partition coefficient (Wildman–Crippen LogP) is 3.48. The molecule has 0 saturated carbocycles. The Morgan fingerprint density at radius 1 is 1.00 bits per heavy atom. The highest BCUT2D eigenvalue weighted by Gasteiger charge is 2.23. The second-order valence-electron chi connectivity index (χ2n) is 5.65. The molecule has 1 aromatic heterocycles. The first-order valence-electron chi connectivity index (χ1n) is 7.53. The van der Waals surface area contributed by atoms with Crippen LogP contribution in [-0.4, -0.2) is 29.9 Å². The van der Waals surface area contributed by atoms with Crippen LogP contribution in [0.3, 0.4) is 0 Å². The van der Waals surface area contributed by atoms with Gasteiger partial charge in [0.1, 0.15) is 6.04 Å². The van der Waals surface area contributed by atoms with Crippen LogP contribution in [0.1, 0.15) is 11.6 Å². The van der Waals surface area contributed by atoms with Gasteiger partial charge in [0.15, 0.2) is 0 Å². The minimum absolute atomic E-state index is 0.0700. The molecule has 0 aliphatic rings. The van der Waals surface area contributed by atoms with Crippen LogP contribution in [0.25, 0.3) is 10.9 Å². The number of carbonyl (C=O) groups is 1. The van der Waals surface area contributed by atoms with Crippen LogP contribution >= 0.6 is 0 Å². The van der Waals surface area contributed by atoms with Crippen LogP contribution in [0, 0.1) is 0 Å². The average Bonchev–Trinajstić information content (AvgIpc) is 2.56. The molecule has 3 aromatic rings. The molecular formula is C19H19N3O. The fourth-order valence-electron chi connectivity index (χ4n) is 2.73. The van der Waals surface area contributed by atoms with E-state index in [1.165, 1.54) is 0 Å². The molecule has 1 amide bonds. The fourth-order valence-corrected chi connectivity index (χ4v) is 2.73. The summed E-state index contributed by atoms with van der Waals surface area (Å²) in [5.74, 6) is -0.0700. The maximum absolute atomic E-state index is 12.8. The molecule has 1 heterocycles. The highest BCUT2D eigenvalue weighted by Crippen LogP contribution is 2.24. The molecule has 0 aliphatic heterocycles. The van der Waals surface area contributed by atoms with Crippen molar-refractivity contribution >= 4 is 22.5 Å². The predicted molar refractivity (Wildman–Crippen MR) is 93.2 cm³/mol. The number of aromatic nitrogens is 1. The molecule has 1 atom stereocenters. The monoisotopic (exact) mass is 305 g/mol. The van der Waals surface area contributed by atoms with Crippen LogP contribution in [-0.2, 0) is 4.79 Å². The van der Waals surface area contributed by atoms with Gasteiger partial charge in [-0.1, -0.05) is 48.5 Å². The van der Waals surface area contributed by atoms with Gasteiger partial charge in [0.05, 0.1) is 11.2 Å². The van der Waals surface area contributed by atoms with Crippen molar-refractivity contribution in [2.45, 2.75) is 6.04 Å². The number of anilines is 1. The largest absolute Gasteiger partial charge is 0.323 e. The third-order valence-corrected chi connectivity index (χ3v) is 3.77. The highest BCUT2D eigenvalue weighted by molar-refractivity contribution is 6.02. The van der Waals surface area contributed by atoms with E-state index in [1.807, 2.05) is 79.7 Å². The Balaban J connectivity index is 1.93. The van der Waals surface area contributed by atoms with Crippen molar-refractivity contribution in [2.75, 3.05) is 19.4 Å². The van der Waals surface area contributed by atoms with E-state index in [1.54, 1.807) is 6.20 Å². The summed E-state index contributed by atoms with van der Waals surface area (Å²) in [7, 11) is 3.80. The normalized spacial score (nSPS) is 12.3. The van der Waals surface area contributed by atoms with Crippen LogP contribution in [0.5, 0.6) is 0 Å². The third-order valence-electron chi connectivity index (χ3n) is 3.77. The molecule has 4 nitrogen and oxygen atoms in total. The molecule has 3 rings (SSSR count). The number of pyridine rings is 1. The lowest BCUT2D eigenvalue weighted by atomic mass is 10.0. The Labute approximate surface area is 135 Å². The minimum Gasteiger partial charge on any atom is -0.323 e. The highest BCUT2D eigenvalue weighted by atomic mass is 16.2. The fraction of sp³-hybridized carbons (Fsp3) is 0.158. The van der Waals surface area contributed by atoms with E-state index in [4.69, 9.17) is 0 Å². The van der Waals surface area contributed by atoms with Gasteiger partial charge in [-0.05, 0) is 31.8 Å². The first-order chi connectivity index (χ1) is 11.2. The number of nitrogens with one attached hydrogen (secondary N) is 1. The van der Waals surface area contributed by atoms with Crippen molar-refractivity contribution < 1.29 is 4.79 Å². The van der Waals surface area contributed by atoms with Crippen molar-refractivity contribution in [2.24, 2.45) is 0 Å². The number of carbonyl (C=O) groups excluding carboxylic acids is 1. The van der Waals surface area contributed by atoms with Gasteiger partial charge in [0, 0.05) is 11.6 Å². The summed E-state index contributed by atoms with van der Waals surface area (Å²) in [6.45, 7) is 0. The summed E-state index contributed by atoms with van der Waals surface area (Å²) in [6, 6.07) is 19.1. The topological polar surface area (TPSA) is 45.2 Å². The standard InChI is InChI=1S/C19H19N3O/c1-22(2)18(15-8-4-3-5-9-15)19(23)21-16-12-6-10-14-11-7-13-20-17(14)16/h3-13,18H,1-2H3,(H,21,23). The lowest BCUT2D eigenvalue weighted by Crippen LogP contribution is -2.32. The molecule has 4 heteroatoms. The maximum Gasteiger partial charge on any atom is 0.246 e. The molecule has 0 bridgehead atoms. The molecule has 0 spiro atoms. The van der Waals surface area contributed by atoms with Crippen molar-refractivity contribution in [3.8, 4) is 0 Å². The number of hydrogen-bond donors (Lipinski definition) is 1. The van der Waals surface area contributed by atoms with Gasteiger partial charge in [-0.2, -0.15) is 0 Å². The van der Waals surface area contributed by atoms with Crippen LogP contribution in [0.2, 0.25) is 0 Å². The summed E-state index contributed by atoms with van der Waals surface area (Å²) >= 11 is 0. The Kier molecular flexibility index (Phi) is 4.35. The smallest absolute Gasteiger partial charge is 0.246 e. The van der Waals surface area contributed by atoms with Gasteiger partial charge in [0.2, 0.25) is 5.91 Å². The molecule has 23 heavy (non-hydrogen) atoms. The number of amides is 1. The van der Waals surface area contributed by atoms with Crippen molar-refractivity contribution in [3.05, 3.63) is 72.4 Å². The molecule has 116 valence electrons. The number of nitrogens with zero attached hydrogens (tertiary/aromatic N) is 2. The third kappa shape index (κ3) is 3.22. The molecule has 1 N–H and O–H groups in total. The van der Waals surface area contributed by atoms with Crippen LogP contribution in [0.4, 0.5) is 5.69 Å². The van der Waals surface area contributed by atoms with E-state index in [0.717, 1.165) is 22.2 Å². The zero-order valence-electron chi connectivity index (χ0n) is 13.2. The van der Waals surface area contributed by atoms with Gasteiger partial charge in [-0.25, -0.2) is 0 Å². The van der Waals surface area contributed by atoms with E-state index in [0.29, 0.717) is 0 Å². The molecule has 0 radical (unpaired) electrons. The van der Waals surface area contributed by atoms with Crippen molar-refractivity contribution in [1.82, 2.24) is 9.88 Å². The Morgan fingerprint density at radius 3 is 2.48 bits per heavy atom. The number of rotatable bonds is 4. The van der Waals surface area contributed by atoms with E-state index in [2.05, 4.69) is 10.3 Å². The first kappa shape index (κ1) is 15.2. The minimum atomic E-state index is -0.352. The molecule has 0 fully saturated rings. The van der Waals surface area contributed by atoms with E-state index in [-0.39, 0.29) is 11.9 Å². The Hall–Kier alpha value is -2.72. The summed E-state index contributed by atoms with van der Waals surface area (Å²) in [4.78, 5) is 19.1. The summed E-state index contributed by atoms with van der Waals surface area (Å²) in [5.41, 5.74) is 2.49. The molecular weight excluding hydrogens is 286 g/mol. The zero-order valence-corrected chi connectivity index (χ0v) is 13.2. The van der Waals surface area contributed by atoms with Gasteiger partial charge >= 0.3 is 0 Å². The second kappa shape index (κ2) is 6.58. The number of benzene rings is 2. The molecule has 2 aromatic carbocycles. The number of likely N-dealkylation sites (N-methyl/N-ethyl adjacent to an activating group) is 1. The maximum atomic E-state index is 12.8. The summed E-state index contributed by atoms with van der Waals surface area (Å²) in [5, 5.41) is 4.03. The lowest BCUT2D eigenvalue weighted by Gasteiger charge is -2.24. The van der Waals surface area contributed by atoms with E-state index in [9.17, 15) is 4.79 Å². The lowest BCUT2D eigenvalue weighted by molar-refractivity contribution is -0.120. The number of fused-ring (bicyclic) bond motifs is 1. The van der Waals surface area contributed by atoms with Crippen molar-refractivity contribution in [1.29, 1.82) is 0 Å². The van der Waals surface area contributed by atoms with Crippen molar-refractivity contribution in [3.63, 3.8) is 0 Å². The van der Waals surface area contributed by atoms with Gasteiger partial charge < -0.3 is 5.32 Å². The average molecular weight is 305 g/mol. The first-order valence-corrected chi connectivity index (χ1v) is 7.53. The second-order valence-corrected chi connectivity index (χ2v) is 5.65. The van der Waals surface area contributed by atoms with E-state index >= 15 is 0 Å². The quantitative estimate of drug-likeness (QED) is 0.802. The summed E-state index contributed by atoms with van der Waals surface area (Å²) in [6.07, 6.45) is 1.73. The summed E-state index contributed by atoms with van der Waals surface area (Å²) < 4.78 is 0. The number of para-hydroxylation sites is 1. The Morgan fingerprint density at radius 2 is 1.74 bits per heavy atom. The zero-order chi connectivity index (χ0) is 16.2. The molecule has 1 unspecified atom stereocenters. The van der Waals surface area contributed by atoms with Crippen LogP contribution < -0.4 is 5.32 Å². The molecule has 0 aliphatic carbocycles. The van der Waals surface area contributed by atoms with Gasteiger partial charge in [-0.15, -0.1) is 0 Å².